The van der Waals surface area contributed by atoms with Crippen molar-refractivity contribution in [3.63, 3.8) is 0 Å². The van der Waals surface area contributed by atoms with Gasteiger partial charge in [0.1, 0.15) is 5.75 Å². The van der Waals surface area contributed by atoms with Crippen LogP contribution in [0.15, 0.2) is 40.8 Å². The molecule has 1 aromatic heterocycles. The van der Waals surface area contributed by atoms with Crippen LogP contribution in [0, 0.1) is 0 Å². The molecule has 0 N–H and O–H groups in total. The summed E-state index contributed by atoms with van der Waals surface area (Å²) < 4.78 is 17.0. The van der Waals surface area contributed by atoms with Crippen molar-refractivity contribution in [2.24, 2.45) is 0 Å². The first-order valence-electron chi connectivity index (χ1n) is 8.98. The number of fused-ring (bicyclic) bond motifs is 1. The minimum atomic E-state index is 0.0452. The van der Waals surface area contributed by atoms with Crippen LogP contribution < -0.4 is 4.74 Å². The van der Waals surface area contributed by atoms with E-state index in [9.17, 15) is 0 Å². The lowest BCUT2D eigenvalue weighted by molar-refractivity contribution is -0.0351. The molecule has 2 heterocycles. The van der Waals surface area contributed by atoms with E-state index in [-0.39, 0.29) is 6.10 Å². The van der Waals surface area contributed by atoms with Gasteiger partial charge in [-0.2, -0.15) is 0 Å². The molecule has 1 fully saturated rings. The lowest BCUT2D eigenvalue weighted by atomic mass is 10.0. The van der Waals surface area contributed by atoms with Crippen LogP contribution in [0.4, 0.5) is 0 Å². The molecule has 0 bridgehead atoms. The Hall–Kier alpha value is -2.44. The molecule has 0 saturated carbocycles. The summed E-state index contributed by atoms with van der Waals surface area (Å²) in [5.74, 6) is 2.24. The second-order valence-electron chi connectivity index (χ2n) is 6.51. The van der Waals surface area contributed by atoms with Crippen LogP contribution in [0.3, 0.4) is 0 Å². The zero-order chi connectivity index (χ0) is 17.9. The monoisotopic (exact) mass is 353 g/mol. The smallest absolute Gasteiger partial charge is 0.230 e. The van der Waals surface area contributed by atoms with E-state index in [1.165, 1.54) is 16.3 Å². The largest absolute Gasteiger partial charge is 0.497 e. The van der Waals surface area contributed by atoms with Crippen molar-refractivity contribution < 1.29 is 13.9 Å². The third kappa shape index (κ3) is 3.57. The van der Waals surface area contributed by atoms with Crippen molar-refractivity contribution in [3.05, 3.63) is 53.7 Å². The molecule has 4 rings (SSSR count). The molecule has 1 aliphatic rings. The van der Waals surface area contributed by atoms with Gasteiger partial charge in [0.05, 0.1) is 26.4 Å². The van der Waals surface area contributed by atoms with Gasteiger partial charge in [0.2, 0.25) is 11.8 Å². The van der Waals surface area contributed by atoms with E-state index < -0.39 is 0 Å². The van der Waals surface area contributed by atoms with Gasteiger partial charge in [-0.1, -0.05) is 25.1 Å². The molecule has 0 aliphatic carbocycles. The number of methoxy groups -OCH3 is 1. The van der Waals surface area contributed by atoms with E-state index in [1.807, 2.05) is 19.1 Å². The molecule has 136 valence electrons. The highest BCUT2D eigenvalue weighted by Gasteiger charge is 2.23. The number of ether oxygens (including phenoxy) is 2. The SMILES string of the molecule is CCc1nnc(CN2CCOC(c3ccc4cc(OC)ccc4c3)C2)o1. The zero-order valence-corrected chi connectivity index (χ0v) is 15.1. The molecule has 0 amide bonds. The normalized spacial score (nSPS) is 18.3. The summed E-state index contributed by atoms with van der Waals surface area (Å²) in [7, 11) is 1.69. The van der Waals surface area contributed by atoms with Crippen LogP contribution in [-0.2, 0) is 17.7 Å². The van der Waals surface area contributed by atoms with E-state index >= 15 is 0 Å². The first-order valence-corrected chi connectivity index (χ1v) is 8.98. The number of aryl methyl sites for hydroxylation is 1. The van der Waals surface area contributed by atoms with Gasteiger partial charge in [-0.15, -0.1) is 10.2 Å². The fraction of sp³-hybridized carbons (Fsp3) is 0.400. The van der Waals surface area contributed by atoms with E-state index in [4.69, 9.17) is 13.9 Å². The lowest BCUT2D eigenvalue weighted by Gasteiger charge is -2.32. The molecule has 6 nitrogen and oxygen atoms in total. The van der Waals surface area contributed by atoms with E-state index in [0.717, 1.165) is 25.3 Å². The summed E-state index contributed by atoms with van der Waals surface area (Å²) in [4.78, 5) is 2.30. The first kappa shape index (κ1) is 17.0. The summed E-state index contributed by atoms with van der Waals surface area (Å²) >= 11 is 0. The van der Waals surface area contributed by atoms with Gasteiger partial charge in [-0.25, -0.2) is 0 Å². The number of hydrogen-bond acceptors (Lipinski definition) is 6. The van der Waals surface area contributed by atoms with Gasteiger partial charge >= 0.3 is 0 Å². The van der Waals surface area contributed by atoms with Crippen molar-refractivity contribution >= 4 is 10.8 Å². The number of morpholine rings is 1. The van der Waals surface area contributed by atoms with E-state index in [1.54, 1.807) is 7.11 Å². The van der Waals surface area contributed by atoms with Crippen LogP contribution in [0.5, 0.6) is 5.75 Å². The maximum absolute atomic E-state index is 6.02. The predicted molar refractivity (Wildman–Crippen MR) is 98.1 cm³/mol. The quantitative estimate of drug-likeness (QED) is 0.701. The second kappa shape index (κ2) is 7.43. The molecule has 26 heavy (non-hydrogen) atoms. The van der Waals surface area contributed by atoms with Crippen molar-refractivity contribution in [3.8, 4) is 5.75 Å². The molecule has 2 aromatic carbocycles. The van der Waals surface area contributed by atoms with Gasteiger partial charge in [-0.3, -0.25) is 4.90 Å². The molecule has 1 saturated heterocycles. The number of benzene rings is 2. The Labute approximate surface area is 152 Å². The standard InChI is InChI=1S/C20H23N3O3/c1-3-19-21-22-20(26-19)13-23-8-9-25-18(12-23)16-5-4-15-11-17(24-2)7-6-14(15)10-16/h4-7,10-11,18H,3,8-9,12-13H2,1-2H3. The third-order valence-electron chi connectivity index (χ3n) is 4.76. The first-order chi connectivity index (χ1) is 12.7. The molecular formula is C20H23N3O3. The Morgan fingerprint density at radius 1 is 1.12 bits per heavy atom. The van der Waals surface area contributed by atoms with Gasteiger partial charge in [0.15, 0.2) is 0 Å². The van der Waals surface area contributed by atoms with Crippen LogP contribution >= 0.6 is 0 Å². The molecule has 0 radical (unpaired) electrons. The number of aromatic nitrogens is 2. The number of nitrogens with zero attached hydrogens (tertiary/aromatic N) is 3. The second-order valence-corrected chi connectivity index (χ2v) is 6.51. The molecular weight excluding hydrogens is 330 g/mol. The Kier molecular flexibility index (Phi) is 4.86. The van der Waals surface area contributed by atoms with Crippen molar-refractivity contribution in [1.29, 1.82) is 0 Å². The van der Waals surface area contributed by atoms with Gasteiger partial charge in [0.25, 0.3) is 0 Å². The molecule has 1 atom stereocenters. The van der Waals surface area contributed by atoms with E-state index in [0.29, 0.717) is 24.9 Å². The van der Waals surface area contributed by atoms with Crippen molar-refractivity contribution in [2.75, 3.05) is 26.8 Å². The fourth-order valence-electron chi connectivity index (χ4n) is 3.30. The molecule has 3 aromatic rings. The lowest BCUT2D eigenvalue weighted by Crippen LogP contribution is -2.37. The topological polar surface area (TPSA) is 60.6 Å². The van der Waals surface area contributed by atoms with Crippen molar-refractivity contribution in [1.82, 2.24) is 15.1 Å². The van der Waals surface area contributed by atoms with Gasteiger partial charge in [-0.05, 0) is 34.5 Å². The highest BCUT2D eigenvalue weighted by molar-refractivity contribution is 5.84. The average Bonchev–Trinajstić information content (AvgIpc) is 3.15. The summed E-state index contributed by atoms with van der Waals surface area (Å²) in [6, 6.07) is 12.6. The van der Waals surface area contributed by atoms with Crippen LogP contribution in [0.1, 0.15) is 30.4 Å². The minimum absolute atomic E-state index is 0.0452. The van der Waals surface area contributed by atoms with Gasteiger partial charge in [0, 0.05) is 19.5 Å². The number of hydrogen-bond donors (Lipinski definition) is 0. The minimum Gasteiger partial charge on any atom is -0.497 e. The molecule has 1 unspecified atom stereocenters. The maximum Gasteiger partial charge on any atom is 0.230 e. The Morgan fingerprint density at radius 3 is 2.73 bits per heavy atom. The Bertz CT molecular complexity index is 893. The summed E-state index contributed by atoms with van der Waals surface area (Å²) in [6.07, 6.45) is 0.810. The summed E-state index contributed by atoms with van der Waals surface area (Å²) in [5.41, 5.74) is 1.19. The summed E-state index contributed by atoms with van der Waals surface area (Å²) in [6.45, 7) is 5.05. The predicted octanol–water partition coefficient (Wildman–Crippen LogP) is 3.37. The van der Waals surface area contributed by atoms with Crippen LogP contribution in [-0.4, -0.2) is 41.9 Å². The van der Waals surface area contributed by atoms with Gasteiger partial charge < -0.3 is 13.9 Å². The molecule has 0 spiro atoms. The van der Waals surface area contributed by atoms with Crippen molar-refractivity contribution in [2.45, 2.75) is 26.0 Å². The summed E-state index contributed by atoms with van der Waals surface area (Å²) in [5, 5.41) is 10.5. The molecule has 1 aliphatic heterocycles. The third-order valence-corrected chi connectivity index (χ3v) is 4.76. The van der Waals surface area contributed by atoms with E-state index in [2.05, 4.69) is 39.4 Å². The zero-order valence-electron chi connectivity index (χ0n) is 15.1. The maximum atomic E-state index is 6.02. The van der Waals surface area contributed by atoms with Crippen LogP contribution in [0.25, 0.3) is 10.8 Å². The Morgan fingerprint density at radius 2 is 1.92 bits per heavy atom. The Balaban J connectivity index is 1.49. The van der Waals surface area contributed by atoms with Crippen LogP contribution in [0.2, 0.25) is 0 Å². The average molecular weight is 353 g/mol. The fourth-order valence-corrected chi connectivity index (χ4v) is 3.30. The highest BCUT2D eigenvalue weighted by Crippen LogP contribution is 2.28. The number of rotatable bonds is 5. The highest BCUT2D eigenvalue weighted by atomic mass is 16.5. The molecule has 6 heteroatoms.